The van der Waals surface area contributed by atoms with Crippen LogP contribution < -0.4 is 15.8 Å². The molecule has 1 fully saturated rings. The van der Waals surface area contributed by atoms with Crippen molar-refractivity contribution in [3.63, 3.8) is 0 Å². The molecule has 2 amide bonds. The van der Waals surface area contributed by atoms with Crippen LogP contribution in [0.1, 0.15) is 84.7 Å². The lowest BCUT2D eigenvalue weighted by atomic mass is 9.87. The maximum atomic E-state index is 13.5. The molecule has 0 aromatic heterocycles. The molecule has 3 aliphatic rings. The van der Waals surface area contributed by atoms with Gasteiger partial charge in [-0.25, -0.2) is 4.99 Å². The van der Waals surface area contributed by atoms with Crippen molar-refractivity contribution in [2.24, 2.45) is 22.6 Å². The van der Waals surface area contributed by atoms with E-state index in [1.807, 2.05) is 58.9 Å². The Bertz CT molecular complexity index is 1020. The molecule has 0 bridgehead atoms. The van der Waals surface area contributed by atoms with E-state index in [1.54, 1.807) is 12.0 Å². The van der Waals surface area contributed by atoms with Gasteiger partial charge in [0, 0.05) is 31.1 Å². The van der Waals surface area contributed by atoms with Gasteiger partial charge in [-0.15, -0.1) is 0 Å². The fraction of sp³-hybridized carbons (Fsp3) is 0.679. The van der Waals surface area contributed by atoms with Crippen LogP contribution in [0.5, 0.6) is 5.75 Å². The lowest BCUT2D eigenvalue weighted by Gasteiger charge is -2.41. The first-order valence-corrected chi connectivity index (χ1v) is 13.3. The number of methoxy groups -OCH3 is 1. The number of nitrogens with one attached hydrogen (secondary N) is 1. The molecule has 0 radical (unpaired) electrons. The average Bonchev–Trinajstić information content (AvgIpc) is 3.63. The fourth-order valence-corrected chi connectivity index (χ4v) is 5.90. The van der Waals surface area contributed by atoms with Crippen LogP contribution in [0.3, 0.4) is 0 Å². The van der Waals surface area contributed by atoms with Crippen LogP contribution in [0.15, 0.2) is 29.3 Å². The Morgan fingerprint density at radius 3 is 2.64 bits per heavy atom. The molecule has 5 atom stereocenters. The standard InChI is InChI=1S/C28H42N4O4/c1-7-28(8-2)16-24(33)32(26(29)31-28)22(13-17(3)35-6)19-14-20(19)25(34)30-21-15-27(4,5)36-23-12-10-9-11-18(21)23/h9-12,17,19-22H,7-8,13-16H2,1-6H3,(H2,29,31)(H,30,34)/t17?,19?,20-,21+,22?/m0/s1. The van der Waals surface area contributed by atoms with Crippen LogP contribution in [0.25, 0.3) is 0 Å². The lowest BCUT2D eigenvalue weighted by Crippen LogP contribution is -2.56. The van der Waals surface area contributed by atoms with E-state index < -0.39 is 5.54 Å². The Labute approximate surface area is 215 Å². The number of aliphatic imine (C=N–C) groups is 1. The molecule has 1 aliphatic carbocycles. The number of carbonyl (C=O) groups is 2. The van der Waals surface area contributed by atoms with E-state index in [0.717, 1.165) is 24.2 Å². The van der Waals surface area contributed by atoms with Crippen LogP contribution in [-0.4, -0.2) is 53.1 Å². The molecule has 1 aromatic rings. The number of carbonyl (C=O) groups excluding carboxylic acids is 2. The Hall–Kier alpha value is -2.61. The number of hydrogen-bond acceptors (Lipinski definition) is 6. The Balaban J connectivity index is 1.53. The predicted molar refractivity (Wildman–Crippen MR) is 140 cm³/mol. The molecular formula is C28H42N4O4. The zero-order valence-corrected chi connectivity index (χ0v) is 22.5. The summed E-state index contributed by atoms with van der Waals surface area (Å²) in [5.41, 5.74) is 6.63. The maximum Gasteiger partial charge on any atom is 0.231 e. The van der Waals surface area contributed by atoms with Crippen molar-refractivity contribution >= 4 is 17.8 Å². The van der Waals surface area contributed by atoms with Crippen LogP contribution in [0.2, 0.25) is 0 Å². The van der Waals surface area contributed by atoms with Crippen molar-refractivity contribution in [3.05, 3.63) is 29.8 Å². The second kappa shape index (κ2) is 10.0. The first-order chi connectivity index (χ1) is 17.0. The summed E-state index contributed by atoms with van der Waals surface area (Å²) in [4.78, 5) is 33.3. The van der Waals surface area contributed by atoms with Crippen molar-refractivity contribution in [1.82, 2.24) is 10.2 Å². The smallest absolute Gasteiger partial charge is 0.231 e. The quantitative estimate of drug-likeness (QED) is 0.536. The van der Waals surface area contributed by atoms with Crippen LogP contribution in [-0.2, 0) is 14.3 Å². The molecule has 8 heteroatoms. The average molecular weight is 499 g/mol. The highest BCUT2D eigenvalue weighted by Gasteiger charge is 2.53. The zero-order valence-electron chi connectivity index (χ0n) is 22.5. The molecule has 2 aliphatic heterocycles. The highest BCUT2D eigenvalue weighted by molar-refractivity contribution is 5.99. The number of nitrogens with two attached hydrogens (primary N) is 1. The number of hydrogen-bond donors (Lipinski definition) is 2. The van der Waals surface area contributed by atoms with Gasteiger partial charge in [0.15, 0.2) is 5.96 Å². The molecule has 0 saturated heterocycles. The van der Waals surface area contributed by atoms with E-state index in [9.17, 15) is 9.59 Å². The molecule has 36 heavy (non-hydrogen) atoms. The van der Waals surface area contributed by atoms with E-state index in [2.05, 4.69) is 5.32 Å². The van der Waals surface area contributed by atoms with Crippen LogP contribution in [0, 0.1) is 11.8 Å². The summed E-state index contributed by atoms with van der Waals surface area (Å²) in [5, 5.41) is 3.29. The van der Waals surface area contributed by atoms with Gasteiger partial charge in [-0.3, -0.25) is 14.5 Å². The monoisotopic (exact) mass is 498 g/mol. The highest BCUT2D eigenvalue weighted by atomic mass is 16.5. The zero-order chi connectivity index (χ0) is 26.3. The molecular weight excluding hydrogens is 456 g/mol. The molecule has 2 heterocycles. The number of benzene rings is 1. The van der Waals surface area contributed by atoms with Gasteiger partial charge in [-0.05, 0) is 58.4 Å². The molecule has 4 rings (SSSR count). The van der Waals surface area contributed by atoms with E-state index >= 15 is 0 Å². The van der Waals surface area contributed by atoms with Crippen molar-refractivity contribution < 1.29 is 19.1 Å². The lowest BCUT2D eigenvalue weighted by molar-refractivity contribution is -0.133. The number of nitrogens with zero attached hydrogens (tertiary/aromatic N) is 2. The predicted octanol–water partition coefficient (Wildman–Crippen LogP) is 3.94. The van der Waals surface area contributed by atoms with Gasteiger partial charge < -0.3 is 20.5 Å². The normalized spacial score (nSPS) is 27.8. The van der Waals surface area contributed by atoms with E-state index in [-0.39, 0.29) is 53.4 Å². The Morgan fingerprint density at radius 2 is 2.00 bits per heavy atom. The number of para-hydroxylation sites is 1. The summed E-state index contributed by atoms with van der Waals surface area (Å²) in [6.07, 6.45) is 3.80. The van der Waals surface area contributed by atoms with Gasteiger partial charge in [0.1, 0.15) is 11.4 Å². The van der Waals surface area contributed by atoms with Crippen molar-refractivity contribution in [1.29, 1.82) is 0 Å². The molecule has 0 spiro atoms. The Morgan fingerprint density at radius 1 is 1.31 bits per heavy atom. The van der Waals surface area contributed by atoms with Crippen molar-refractivity contribution in [2.75, 3.05) is 7.11 Å². The number of guanidine groups is 1. The van der Waals surface area contributed by atoms with Gasteiger partial charge >= 0.3 is 0 Å². The number of fused-ring (bicyclic) bond motifs is 1. The summed E-state index contributed by atoms with van der Waals surface area (Å²) in [5.74, 6) is 0.932. The second-order valence-electron chi connectivity index (χ2n) is 11.4. The highest BCUT2D eigenvalue weighted by Crippen LogP contribution is 2.47. The van der Waals surface area contributed by atoms with E-state index in [0.29, 0.717) is 25.7 Å². The summed E-state index contributed by atoms with van der Waals surface area (Å²) in [6, 6.07) is 7.54. The summed E-state index contributed by atoms with van der Waals surface area (Å²) in [7, 11) is 1.66. The van der Waals surface area contributed by atoms with Crippen LogP contribution >= 0.6 is 0 Å². The first kappa shape index (κ1) is 26.5. The Kier molecular flexibility index (Phi) is 7.37. The van der Waals surface area contributed by atoms with Gasteiger partial charge in [0.2, 0.25) is 11.8 Å². The topological polar surface area (TPSA) is 106 Å². The minimum Gasteiger partial charge on any atom is -0.487 e. The third kappa shape index (κ3) is 5.24. The molecule has 1 saturated carbocycles. The molecule has 198 valence electrons. The van der Waals surface area contributed by atoms with Gasteiger partial charge in [-0.2, -0.15) is 0 Å². The SMILES string of the molecule is CCC1(CC)CC(=O)N(C(CC(C)OC)C2C[C@@H]2C(=O)N[C@@H]2CC(C)(C)Oc3ccccc32)C(N)=N1. The van der Waals surface area contributed by atoms with Gasteiger partial charge in [0.25, 0.3) is 0 Å². The molecule has 3 N–H and O–H groups in total. The second-order valence-corrected chi connectivity index (χ2v) is 11.4. The van der Waals surface area contributed by atoms with Gasteiger partial charge in [-0.1, -0.05) is 32.0 Å². The molecule has 8 nitrogen and oxygen atoms in total. The van der Waals surface area contributed by atoms with Crippen molar-refractivity contribution in [2.45, 2.75) is 102 Å². The summed E-state index contributed by atoms with van der Waals surface area (Å²) >= 11 is 0. The minimum atomic E-state index is -0.432. The third-order valence-corrected chi connectivity index (χ3v) is 8.33. The number of ether oxygens (including phenoxy) is 2. The van der Waals surface area contributed by atoms with Gasteiger partial charge in [0.05, 0.1) is 24.1 Å². The fourth-order valence-electron chi connectivity index (χ4n) is 5.90. The summed E-state index contributed by atoms with van der Waals surface area (Å²) in [6.45, 7) is 10.2. The van der Waals surface area contributed by atoms with Crippen LogP contribution in [0.4, 0.5) is 0 Å². The number of amides is 2. The minimum absolute atomic E-state index is 0.00864. The molecule has 1 aromatic carbocycles. The largest absolute Gasteiger partial charge is 0.487 e. The van der Waals surface area contributed by atoms with E-state index in [1.165, 1.54) is 0 Å². The third-order valence-electron chi connectivity index (χ3n) is 8.33. The maximum absolute atomic E-state index is 13.5. The first-order valence-electron chi connectivity index (χ1n) is 13.3. The van der Waals surface area contributed by atoms with Crippen molar-refractivity contribution in [3.8, 4) is 5.75 Å². The summed E-state index contributed by atoms with van der Waals surface area (Å²) < 4.78 is 11.7. The van der Waals surface area contributed by atoms with E-state index in [4.69, 9.17) is 20.2 Å². The number of rotatable bonds is 9. The molecule has 3 unspecified atom stereocenters.